The maximum absolute atomic E-state index is 11.3. The van der Waals surface area contributed by atoms with E-state index >= 15 is 0 Å². The fourth-order valence-corrected chi connectivity index (χ4v) is 3.60. The van der Waals surface area contributed by atoms with E-state index in [1.54, 1.807) is 0 Å². The Morgan fingerprint density at radius 1 is 1.19 bits per heavy atom. The lowest BCUT2D eigenvalue weighted by Gasteiger charge is -2.19. The molecule has 0 radical (unpaired) electrons. The van der Waals surface area contributed by atoms with Crippen molar-refractivity contribution in [1.29, 1.82) is 0 Å². The standard InChI is InChI=1S/C14H26OS/c1-2-3-4-5-6-7-11-16-14-10-8-9-13(15)12-14/h14H,2-12H2,1H3. The van der Waals surface area contributed by atoms with Crippen molar-refractivity contribution in [2.75, 3.05) is 5.75 Å². The van der Waals surface area contributed by atoms with Gasteiger partial charge >= 0.3 is 0 Å². The number of Topliss-reactive ketones (excluding diaryl/α,β-unsaturated/α-hetero) is 1. The molecule has 0 bridgehead atoms. The van der Waals surface area contributed by atoms with E-state index in [1.807, 2.05) is 11.8 Å². The molecule has 0 heterocycles. The third kappa shape index (κ3) is 6.57. The van der Waals surface area contributed by atoms with Crippen molar-refractivity contribution in [3.63, 3.8) is 0 Å². The Hall–Kier alpha value is 0.0200. The van der Waals surface area contributed by atoms with Crippen molar-refractivity contribution < 1.29 is 4.79 Å². The van der Waals surface area contributed by atoms with Gasteiger partial charge in [-0.1, -0.05) is 39.0 Å². The molecule has 0 aliphatic heterocycles. The van der Waals surface area contributed by atoms with Crippen LogP contribution >= 0.6 is 11.8 Å². The summed E-state index contributed by atoms with van der Waals surface area (Å²) in [4.78, 5) is 11.3. The SMILES string of the molecule is CCCCCCCCSC1CCCC(=O)C1. The molecule has 94 valence electrons. The Morgan fingerprint density at radius 3 is 2.69 bits per heavy atom. The summed E-state index contributed by atoms with van der Waals surface area (Å²) in [5.74, 6) is 1.76. The third-order valence-electron chi connectivity index (χ3n) is 3.29. The lowest BCUT2D eigenvalue weighted by molar-refractivity contribution is -0.120. The average Bonchev–Trinajstić information content (AvgIpc) is 2.28. The van der Waals surface area contributed by atoms with E-state index < -0.39 is 0 Å². The molecule has 1 rings (SSSR count). The first-order valence-corrected chi connectivity index (χ1v) is 8.01. The number of hydrogen-bond acceptors (Lipinski definition) is 2. The van der Waals surface area contributed by atoms with Gasteiger partial charge in [-0.3, -0.25) is 4.79 Å². The Kier molecular flexibility index (Phi) is 8.00. The highest BCUT2D eigenvalue weighted by atomic mass is 32.2. The van der Waals surface area contributed by atoms with Crippen LogP contribution in [0.4, 0.5) is 0 Å². The first kappa shape index (κ1) is 14.1. The first-order valence-electron chi connectivity index (χ1n) is 6.96. The predicted octanol–water partition coefficient (Wildman–Crippen LogP) is 4.59. The number of thioether (sulfide) groups is 1. The zero-order chi connectivity index (χ0) is 11.6. The van der Waals surface area contributed by atoms with Crippen LogP contribution in [0.3, 0.4) is 0 Å². The molecule has 1 nitrogen and oxygen atoms in total. The fourth-order valence-electron chi connectivity index (χ4n) is 2.26. The normalized spacial score (nSPS) is 21.3. The van der Waals surface area contributed by atoms with E-state index in [0.717, 1.165) is 19.3 Å². The van der Waals surface area contributed by atoms with Crippen molar-refractivity contribution in [2.45, 2.75) is 76.4 Å². The van der Waals surface area contributed by atoms with Gasteiger partial charge in [0, 0.05) is 18.1 Å². The molecule has 0 N–H and O–H groups in total. The zero-order valence-electron chi connectivity index (χ0n) is 10.7. The predicted molar refractivity (Wildman–Crippen MR) is 73.1 cm³/mol. The number of ketones is 1. The molecule has 1 fully saturated rings. The van der Waals surface area contributed by atoms with E-state index in [4.69, 9.17) is 0 Å². The van der Waals surface area contributed by atoms with E-state index in [0.29, 0.717) is 11.0 Å². The van der Waals surface area contributed by atoms with Crippen molar-refractivity contribution in [1.82, 2.24) is 0 Å². The smallest absolute Gasteiger partial charge is 0.134 e. The number of carbonyl (C=O) groups is 1. The zero-order valence-corrected chi connectivity index (χ0v) is 11.5. The van der Waals surface area contributed by atoms with Crippen LogP contribution in [0, 0.1) is 0 Å². The van der Waals surface area contributed by atoms with Crippen LogP contribution in [0.2, 0.25) is 0 Å². The Balaban J connectivity index is 1.88. The highest BCUT2D eigenvalue weighted by Gasteiger charge is 2.18. The summed E-state index contributed by atoms with van der Waals surface area (Å²) in [5, 5.41) is 0.650. The van der Waals surface area contributed by atoms with Gasteiger partial charge in [-0.05, 0) is 25.0 Å². The molecule has 0 aromatic carbocycles. The van der Waals surface area contributed by atoms with Crippen LogP contribution in [0.15, 0.2) is 0 Å². The fraction of sp³-hybridized carbons (Fsp3) is 0.929. The molecule has 0 aromatic heterocycles. The maximum atomic E-state index is 11.3. The largest absolute Gasteiger partial charge is 0.300 e. The molecule has 1 saturated carbocycles. The Morgan fingerprint density at radius 2 is 1.94 bits per heavy atom. The summed E-state index contributed by atoms with van der Waals surface area (Å²) in [5.41, 5.74) is 0. The number of carbonyl (C=O) groups excluding carboxylic acids is 1. The molecule has 1 aliphatic carbocycles. The van der Waals surface area contributed by atoms with Gasteiger partial charge < -0.3 is 0 Å². The van der Waals surface area contributed by atoms with Gasteiger partial charge in [0.1, 0.15) is 5.78 Å². The van der Waals surface area contributed by atoms with Crippen LogP contribution in [0.1, 0.15) is 71.1 Å². The lowest BCUT2D eigenvalue weighted by atomic mass is 9.99. The molecule has 2 heteroatoms. The molecule has 0 amide bonds. The van der Waals surface area contributed by atoms with Gasteiger partial charge in [0.05, 0.1) is 0 Å². The van der Waals surface area contributed by atoms with Gasteiger partial charge in [0.25, 0.3) is 0 Å². The molecule has 1 unspecified atom stereocenters. The van der Waals surface area contributed by atoms with Crippen molar-refractivity contribution in [2.24, 2.45) is 0 Å². The summed E-state index contributed by atoms with van der Waals surface area (Å²) in [6, 6.07) is 0. The quantitative estimate of drug-likeness (QED) is 0.579. The average molecular weight is 242 g/mol. The molecular weight excluding hydrogens is 216 g/mol. The van der Waals surface area contributed by atoms with Gasteiger partial charge in [0.15, 0.2) is 0 Å². The van der Waals surface area contributed by atoms with Crippen LogP contribution in [0.25, 0.3) is 0 Å². The molecule has 0 aromatic rings. The van der Waals surface area contributed by atoms with Crippen molar-refractivity contribution in [3.05, 3.63) is 0 Å². The van der Waals surface area contributed by atoms with Crippen LogP contribution in [0.5, 0.6) is 0 Å². The Labute approximate surface area is 105 Å². The van der Waals surface area contributed by atoms with Gasteiger partial charge in [-0.25, -0.2) is 0 Å². The second-order valence-corrected chi connectivity index (χ2v) is 6.30. The first-order chi connectivity index (χ1) is 7.83. The molecule has 1 atom stereocenters. The van der Waals surface area contributed by atoms with Crippen LogP contribution < -0.4 is 0 Å². The minimum atomic E-state index is 0.492. The van der Waals surface area contributed by atoms with Gasteiger partial charge in [0.2, 0.25) is 0 Å². The van der Waals surface area contributed by atoms with Crippen LogP contribution in [-0.4, -0.2) is 16.8 Å². The highest BCUT2D eigenvalue weighted by molar-refractivity contribution is 7.99. The summed E-state index contributed by atoms with van der Waals surface area (Å²) >= 11 is 2.04. The molecule has 0 saturated heterocycles. The van der Waals surface area contributed by atoms with Gasteiger partial charge in [-0.15, -0.1) is 0 Å². The van der Waals surface area contributed by atoms with E-state index in [-0.39, 0.29) is 0 Å². The minimum Gasteiger partial charge on any atom is -0.300 e. The second-order valence-electron chi connectivity index (χ2n) is 4.90. The molecular formula is C14H26OS. The second kappa shape index (κ2) is 9.09. The van der Waals surface area contributed by atoms with E-state index in [9.17, 15) is 4.79 Å². The van der Waals surface area contributed by atoms with Gasteiger partial charge in [-0.2, -0.15) is 11.8 Å². The number of hydrogen-bond donors (Lipinski definition) is 0. The number of rotatable bonds is 8. The summed E-state index contributed by atoms with van der Waals surface area (Å²) in [6.45, 7) is 2.26. The van der Waals surface area contributed by atoms with Crippen molar-refractivity contribution >= 4 is 17.5 Å². The lowest BCUT2D eigenvalue weighted by Crippen LogP contribution is -2.17. The third-order valence-corrected chi connectivity index (χ3v) is 4.69. The molecule has 16 heavy (non-hydrogen) atoms. The Bertz CT molecular complexity index is 191. The summed E-state index contributed by atoms with van der Waals surface area (Å²) in [7, 11) is 0. The summed E-state index contributed by atoms with van der Waals surface area (Å²) < 4.78 is 0. The monoisotopic (exact) mass is 242 g/mol. The molecule has 1 aliphatic rings. The highest BCUT2D eigenvalue weighted by Crippen LogP contribution is 2.27. The van der Waals surface area contributed by atoms with Crippen molar-refractivity contribution in [3.8, 4) is 0 Å². The van der Waals surface area contributed by atoms with E-state index in [1.165, 1.54) is 50.7 Å². The topological polar surface area (TPSA) is 17.1 Å². The number of unbranched alkanes of at least 4 members (excludes halogenated alkanes) is 5. The minimum absolute atomic E-state index is 0.492. The summed E-state index contributed by atoms with van der Waals surface area (Å²) in [6.07, 6.45) is 12.4. The van der Waals surface area contributed by atoms with E-state index in [2.05, 4.69) is 6.92 Å². The van der Waals surface area contributed by atoms with Crippen LogP contribution in [-0.2, 0) is 4.79 Å². The maximum Gasteiger partial charge on any atom is 0.134 e. The molecule has 0 spiro atoms.